The number of benzene rings is 2. The summed E-state index contributed by atoms with van der Waals surface area (Å²) in [4.78, 5) is 14.8. The average Bonchev–Trinajstić information content (AvgIpc) is 3.09. The van der Waals surface area contributed by atoms with Gasteiger partial charge in [-0.05, 0) is 61.8 Å². The van der Waals surface area contributed by atoms with Crippen molar-refractivity contribution in [2.75, 3.05) is 19.6 Å². The molecular formula is C19H20Cl2N2O. The van der Waals surface area contributed by atoms with Crippen LogP contribution in [0.4, 0.5) is 0 Å². The maximum Gasteiger partial charge on any atom is 0.251 e. The van der Waals surface area contributed by atoms with Crippen molar-refractivity contribution in [3.8, 4) is 0 Å². The van der Waals surface area contributed by atoms with Crippen molar-refractivity contribution in [3.63, 3.8) is 0 Å². The van der Waals surface area contributed by atoms with E-state index in [1.165, 1.54) is 12.8 Å². The largest absolute Gasteiger partial charge is 0.350 e. The van der Waals surface area contributed by atoms with Gasteiger partial charge in [0.05, 0.1) is 6.04 Å². The molecule has 2 aromatic rings. The molecule has 1 atom stereocenters. The zero-order valence-corrected chi connectivity index (χ0v) is 14.9. The van der Waals surface area contributed by atoms with Crippen molar-refractivity contribution in [2.45, 2.75) is 18.9 Å². The molecule has 1 unspecified atom stereocenters. The van der Waals surface area contributed by atoms with Crippen LogP contribution in [0.5, 0.6) is 0 Å². The first kappa shape index (κ1) is 17.3. The Hall–Kier alpha value is -1.55. The minimum absolute atomic E-state index is 0.108. The second-order valence-electron chi connectivity index (χ2n) is 6.03. The first-order valence-corrected chi connectivity index (χ1v) is 8.92. The Kier molecular flexibility index (Phi) is 5.77. The van der Waals surface area contributed by atoms with Crippen LogP contribution < -0.4 is 5.32 Å². The summed E-state index contributed by atoms with van der Waals surface area (Å²) in [5.74, 6) is -0.108. The van der Waals surface area contributed by atoms with E-state index in [1.54, 1.807) is 24.3 Å². The Morgan fingerprint density at radius 3 is 2.38 bits per heavy atom. The summed E-state index contributed by atoms with van der Waals surface area (Å²) in [6, 6.07) is 15.0. The van der Waals surface area contributed by atoms with Gasteiger partial charge in [0.1, 0.15) is 0 Å². The summed E-state index contributed by atoms with van der Waals surface area (Å²) >= 11 is 12.1. The molecule has 1 N–H and O–H groups in total. The molecule has 126 valence electrons. The highest BCUT2D eigenvalue weighted by atomic mass is 35.5. The minimum Gasteiger partial charge on any atom is -0.350 e. The Morgan fingerprint density at radius 1 is 1.04 bits per heavy atom. The topological polar surface area (TPSA) is 32.3 Å². The molecule has 1 aliphatic rings. The lowest BCUT2D eigenvalue weighted by molar-refractivity contribution is 0.0938. The van der Waals surface area contributed by atoms with Crippen molar-refractivity contribution in [2.24, 2.45) is 0 Å². The second-order valence-corrected chi connectivity index (χ2v) is 6.91. The quantitative estimate of drug-likeness (QED) is 0.845. The van der Waals surface area contributed by atoms with Gasteiger partial charge in [0.15, 0.2) is 0 Å². The van der Waals surface area contributed by atoms with Crippen LogP contribution in [0.15, 0.2) is 48.5 Å². The highest BCUT2D eigenvalue weighted by Gasteiger charge is 2.24. The lowest BCUT2D eigenvalue weighted by Gasteiger charge is -2.28. The Labute approximate surface area is 152 Å². The molecule has 2 aromatic carbocycles. The van der Waals surface area contributed by atoms with E-state index in [9.17, 15) is 4.79 Å². The maximum atomic E-state index is 12.4. The number of carbonyl (C=O) groups is 1. The number of nitrogens with zero attached hydrogens (tertiary/aromatic N) is 1. The van der Waals surface area contributed by atoms with Gasteiger partial charge in [-0.3, -0.25) is 9.69 Å². The number of hydrogen-bond acceptors (Lipinski definition) is 2. The SMILES string of the molecule is O=C(NCC(c1cccc(Cl)c1)N1CCCC1)c1cccc(Cl)c1. The Balaban J connectivity index is 1.73. The molecule has 0 radical (unpaired) electrons. The second kappa shape index (κ2) is 8.02. The van der Waals surface area contributed by atoms with E-state index < -0.39 is 0 Å². The number of halogens is 2. The molecule has 3 nitrogen and oxygen atoms in total. The molecule has 5 heteroatoms. The van der Waals surface area contributed by atoms with Crippen molar-refractivity contribution in [1.29, 1.82) is 0 Å². The molecule has 1 saturated heterocycles. The summed E-state index contributed by atoms with van der Waals surface area (Å²) in [6.07, 6.45) is 2.39. The van der Waals surface area contributed by atoms with Gasteiger partial charge in [-0.25, -0.2) is 0 Å². The molecule has 24 heavy (non-hydrogen) atoms. The molecule has 1 fully saturated rings. The van der Waals surface area contributed by atoms with Crippen molar-refractivity contribution in [1.82, 2.24) is 10.2 Å². The lowest BCUT2D eigenvalue weighted by atomic mass is 10.1. The predicted octanol–water partition coefficient (Wildman–Crippen LogP) is 4.56. The smallest absolute Gasteiger partial charge is 0.251 e. The zero-order chi connectivity index (χ0) is 16.9. The summed E-state index contributed by atoms with van der Waals surface area (Å²) in [6.45, 7) is 2.64. The third-order valence-electron chi connectivity index (χ3n) is 4.36. The van der Waals surface area contributed by atoms with Crippen molar-refractivity contribution < 1.29 is 4.79 Å². The predicted molar refractivity (Wildman–Crippen MR) is 98.8 cm³/mol. The standard InChI is InChI=1S/C19H20Cl2N2O/c20-16-7-3-5-14(11-16)18(23-9-1-2-10-23)13-22-19(24)15-6-4-8-17(21)12-15/h3-8,11-12,18H,1-2,9-10,13H2,(H,22,24). The third-order valence-corrected chi connectivity index (χ3v) is 4.83. The van der Waals surface area contributed by atoms with Gasteiger partial charge in [0, 0.05) is 22.2 Å². The summed E-state index contributed by atoms with van der Waals surface area (Å²) in [7, 11) is 0. The van der Waals surface area contributed by atoms with Crippen LogP contribution in [0.25, 0.3) is 0 Å². The molecule has 0 saturated carbocycles. The van der Waals surface area contributed by atoms with E-state index in [0.717, 1.165) is 23.7 Å². The van der Waals surface area contributed by atoms with E-state index in [-0.39, 0.29) is 11.9 Å². The number of rotatable bonds is 5. The number of amides is 1. The van der Waals surface area contributed by atoms with E-state index in [1.807, 2.05) is 18.2 Å². The molecule has 0 aliphatic carbocycles. The van der Waals surface area contributed by atoms with E-state index in [0.29, 0.717) is 17.1 Å². The fourth-order valence-corrected chi connectivity index (χ4v) is 3.54. The number of carbonyl (C=O) groups excluding carboxylic acids is 1. The first-order chi connectivity index (χ1) is 11.6. The molecule has 0 aromatic heterocycles. The zero-order valence-electron chi connectivity index (χ0n) is 13.3. The number of nitrogens with one attached hydrogen (secondary N) is 1. The van der Waals surface area contributed by atoms with Crippen LogP contribution in [0.1, 0.15) is 34.8 Å². The van der Waals surface area contributed by atoms with Gasteiger partial charge in [-0.15, -0.1) is 0 Å². The molecule has 3 rings (SSSR count). The fraction of sp³-hybridized carbons (Fsp3) is 0.316. The fourth-order valence-electron chi connectivity index (χ4n) is 3.15. The normalized spacial score (nSPS) is 16.1. The van der Waals surface area contributed by atoms with Gasteiger partial charge in [-0.2, -0.15) is 0 Å². The van der Waals surface area contributed by atoms with E-state index in [4.69, 9.17) is 23.2 Å². The number of hydrogen-bond donors (Lipinski definition) is 1. The molecule has 1 aliphatic heterocycles. The van der Waals surface area contributed by atoms with E-state index in [2.05, 4.69) is 16.3 Å². The average molecular weight is 363 g/mol. The maximum absolute atomic E-state index is 12.4. The third kappa shape index (κ3) is 4.29. The number of likely N-dealkylation sites (tertiary alicyclic amines) is 1. The van der Waals surface area contributed by atoms with Crippen molar-refractivity contribution >= 4 is 29.1 Å². The van der Waals surface area contributed by atoms with Crippen LogP contribution in [0.2, 0.25) is 10.0 Å². The Morgan fingerprint density at radius 2 is 1.71 bits per heavy atom. The van der Waals surface area contributed by atoms with Crippen LogP contribution in [0, 0.1) is 0 Å². The van der Waals surface area contributed by atoms with Crippen LogP contribution in [-0.2, 0) is 0 Å². The summed E-state index contributed by atoms with van der Waals surface area (Å²) in [5.41, 5.74) is 1.71. The molecule has 0 bridgehead atoms. The van der Waals surface area contributed by atoms with Gasteiger partial charge >= 0.3 is 0 Å². The van der Waals surface area contributed by atoms with Gasteiger partial charge < -0.3 is 5.32 Å². The van der Waals surface area contributed by atoms with Gasteiger partial charge in [0.25, 0.3) is 5.91 Å². The minimum atomic E-state index is -0.108. The lowest BCUT2D eigenvalue weighted by Crippen LogP contribution is -2.36. The highest BCUT2D eigenvalue weighted by molar-refractivity contribution is 6.31. The summed E-state index contributed by atoms with van der Waals surface area (Å²) < 4.78 is 0. The molecule has 0 spiro atoms. The highest BCUT2D eigenvalue weighted by Crippen LogP contribution is 2.26. The van der Waals surface area contributed by atoms with Crippen molar-refractivity contribution in [3.05, 3.63) is 69.7 Å². The monoisotopic (exact) mass is 362 g/mol. The first-order valence-electron chi connectivity index (χ1n) is 8.17. The summed E-state index contributed by atoms with van der Waals surface area (Å²) in [5, 5.41) is 4.32. The Bertz CT molecular complexity index is 714. The van der Waals surface area contributed by atoms with Gasteiger partial charge in [0.2, 0.25) is 0 Å². The van der Waals surface area contributed by atoms with Gasteiger partial charge in [-0.1, -0.05) is 41.4 Å². The van der Waals surface area contributed by atoms with Crippen LogP contribution in [0.3, 0.4) is 0 Å². The molecular weight excluding hydrogens is 343 g/mol. The van der Waals surface area contributed by atoms with Crippen LogP contribution in [-0.4, -0.2) is 30.4 Å². The van der Waals surface area contributed by atoms with Crippen LogP contribution >= 0.6 is 23.2 Å². The van der Waals surface area contributed by atoms with E-state index >= 15 is 0 Å². The molecule has 1 amide bonds. The molecule has 1 heterocycles.